The van der Waals surface area contributed by atoms with Gasteiger partial charge in [0.15, 0.2) is 5.78 Å². The number of Topliss-reactive ketones (excluding diaryl/α,β-unsaturated/α-hetero) is 1. The number of nitrogens with one attached hydrogen (secondary N) is 2. The van der Waals surface area contributed by atoms with Crippen molar-refractivity contribution in [2.45, 2.75) is 26.7 Å². The number of hydrogen-bond donors (Lipinski definition) is 2. The lowest BCUT2D eigenvalue weighted by atomic mass is 9.99. The summed E-state index contributed by atoms with van der Waals surface area (Å²) in [6.45, 7) is 3.78. The number of benzene rings is 1. The monoisotopic (exact) mass is 405 g/mol. The molecule has 0 unspecified atom stereocenters. The van der Waals surface area contributed by atoms with Crippen LogP contribution in [0.2, 0.25) is 0 Å². The summed E-state index contributed by atoms with van der Waals surface area (Å²) in [6, 6.07) is 7.30. The van der Waals surface area contributed by atoms with Gasteiger partial charge < -0.3 is 4.57 Å². The largest absolute Gasteiger partial charge is 0.345 e. The second kappa shape index (κ2) is 8.11. The first-order chi connectivity index (χ1) is 11.8. The second-order valence-corrected chi connectivity index (χ2v) is 6.81. The van der Waals surface area contributed by atoms with E-state index in [1.165, 1.54) is 0 Å². The summed E-state index contributed by atoms with van der Waals surface area (Å²) >= 11 is 3.28. The third-order valence-corrected chi connectivity index (χ3v) is 4.23. The van der Waals surface area contributed by atoms with Gasteiger partial charge in [0.05, 0.1) is 0 Å². The van der Waals surface area contributed by atoms with Crippen molar-refractivity contribution in [1.29, 1.82) is 0 Å². The molecule has 25 heavy (non-hydrogen) atoms. The molecule has 0 fully saturated rings. The van der Waals surface area contributed by atoms with Gasteiger partial charge >= 0.3 is 0 Å². The Hall–Kier alpha value is -2.41. The zero-order chi connectivity index (χ0) is 18.6. The van der Waals surface area contributed by atoms with E-state index in [9.17, 15) is 14.4 Å². The van der Waals surface area contributed by atoms with Crippen molar-refractivity contribution < 1.29 is 14.4 Å². The van der Waals surface area contributed by atoms with Crippen LogP contribution in [0.4, 0.5) is 0 Å². The number of hydrogen-bond acceptors (Lipinski definition) is 3. The van der Waals surface area contributed by atoms with Crippen molar-refractivity contribution in [3.63, 3.8) is 0 Å². The van der Waals surface area contributed by atoms with Crippen molar-refractivity contribution in [2.24, 2.45) is 7.05 Å². The third kappa shape index (κ3) is 5.03. The second-order valence-electron chi connectivity index (χ2n) is 5.90. The Morgan fingerprint density at radius 3 is 2.44 bits per heavy atom. The number of rotatable bonds is 5. The van der Waals surface area contributed by atoms with Crippen LogP contribution in [0, 0.1) is 13.8 Å². The molecule has 0 atom stereocenters. The summed E-state index contributed by atoms with van der Waals surface area (Å²) < 4.78 is 2.40. The molecule has 132 valence electrons. The molecule has 2 rings (SSSR count). The van der Waals surface area contributed by atoms with E-state index >= 15 is 0 Å². The molecule has 1 aromatic heterocycles. The number of aromatic nitrogens is 1. The fourth-order valence-electron chi connectivity index (χ4n) is 2.40. The zero-order valence-corrected chi connectivity index (χ0v) is 15.9. The minimum absolute atomic E-state index is 0.00330. The Morgan fingerprint density at radius 1 is 1.08 bits per heavy atom. The minimum atomic E-state index is -0.428. The highest BCUT2D eigenvalue weighted by Gasteiger charge is 2.14. The van der Waals surface area contributed by atoms with Crippen LogP contribution < -0.4 is 10.9 Å². The van der Waals surface area contributed by atoms with Crippen LogP contribution in [0.5, 0.6) is 0 Å². The molecule has 0 saturated carbocycles. The van der Waals surface area contributed by atoms with E-state index in [0.29, 0.717) is 11.3 Å². The molecule has 2 N–H and O–H groups in total. The van der Waals surface area contributed by atoms with Crippen LogP contribution in [0.3, 0.4) is 0 Å². The lowest BCUT2D eigenvalue weighted by Gasteiger charge is -2.09. The summed E-state index contributed by atoms with van der Waals surface area (Å²) in [5, 5.41) is 0. The van der Waals surface area contributed by atoms with Gasteiger partial charge in [0.25, 0.3) is 5.91 Å². The van der Waals surface area contributed by atoms with E-state index in [0.717, 1.165) is 15.6 Å². The van der Waals surface area contributed by atoms with E-state index in [2.05, 4.69) is 26.8 Å². The number of nitrogens with zero attached hydrogens (tertiary/aromatic N) is 1. The maximum atomic E-state index is 12.3. The lowest BCUT2D eigenvalue weighted by molar-refractivity contribution is -0.121. The molecule has 0 spiro atoms. The molecule has 0 radical (unpaired) electrons. The Balaban J connectivity index is 1.84. The summed E-state index contributed by atoms with van der Waals surface area (Å²) in [5.74, 6) is -0.934. The van der Waals surface area contributed by atoms with Gasteiger partial charge in [0.2, 0.25) is 5.91 Å². The first-order valence-electron chi connectivity index (χ1n) is 7.79. The summed E-state index contributed by atoms with van der Waals surface area (Å²) in [7, 11) is 1.73. The van der Waals surface area contributed by atoms with Gasteiger partial charge in [0.1, 0.15) is 5.69 Å². The lowest BCUT2D eigenvalue weighted by Crippen LogP contribution is -2.42. The van der Waals surface area contributed by atoms with Gasteiger partial charge in [-0.05, 0) is 47.5 Å². The van der Waals surface area contributed by atoms with E-state index in [4.69, 9.17) is 0 Å². The topological polar surface area (TPSA) is 80.2 Å². The van der Waals surface area contributed by atoms with E-state index in [1.54, 1.807) is 23.9 Å². The number of halogens is 1. The van der Waals surface area contributed by atoms with E-state index in [-0.39, 0.29) is 18.6 Å². The van der Waals surface area contributed by atoms with Crippen molar-refractivity contribution >= 4 is 33.5 Å². The highest BCUT2D eigenvalue weighted by Crippen LogP contribution is 2.14. The molecule has 1 aromatic carbocycles. The smallest absolute Gasteiger partial charge is 0.286 e. The van der Waals surface area contributed by atoms with Gasteiger partial charge in [-0.25, -0.2) is 0 Å². The maximum absolute atomic E-state index is 12.3. The fourth-order valence-corrected chi connectivity index (χ4v) is 2.92. The van der Waals surface area contributed by atoms with Crippen LogP contribution in [-0.4, -0.2) is 22.2 Å². The molecule has 2 amide bonds. The van der Waals surface area contributed by atoms with E-state index < -0.39 is 11.8 Å². The predicted octanol–water partition coefficient (Wildman–Crippen LogP) is 2.83. The molecule has 0 aliphatic heterocycles. The molecule has 0 saturated heterocycles. The van der Waals surface area contributed by atoms with Crippen molar-refractivity contribution in [3.05, 3.63) is 57.3 Å². The van der Waals surface area contributed by atoms with Crippen LogP contribution >= 0.6 is 15.9 Å². The standard InChI is InChI=1S/C18H20BrN3O3/c1-11-4-5-12(2)14(8-11)16(23)6-7-17(24)20-21-18(25)15-9-13(19)10-22(15)3/h4-5,8-10H,6-7H2,1-3H3,(H,20,24)(H,21,25). The highest BCUT2D eigenvalue weighted by atomic mass is 79.9. The molecular formula is C18H20BrN3O3. The Kier molecular flexibility index (Phi) is 6.14. The average molecular weight is 406 g/mol. The SMILES string of the molecule is Cc1ccc(C)c(C(=O)CCC(=O)NNC(=O)c2cc(Br)cn2C)c1. The number of carbonyl (C=O) groups is 3. The van der Waals surface area contributed by atoms with Crippen LogP contribution in [0.1, 0.15) is 44.8 Å². The van der Waals surface area contributed by atoms with Gasteiger partial charge in [-0.3, -0.25) is 25.2 Å². The van der Waals surface area contributed by atoms with Crippen molar-refractivity contribution in [2.75, 3.05) is 0 Å². The Morgan fingerprint density at radius 2 is 1.80 bits per heavy atom. The van der Waals surface area contributed by atoms with Gasteiger partial charge in [-0.15, -0.1) is 0 Å². The first kappa shape index (κ1) is 18.9. The molecular weight excluding hydrogens is 386 g/mol. The van der Waals surface area contributed by atoms with Gasteiger partial charge in [-0.1, -0.05) is 17.7 Å². The van der Waals surface area contributed by atoms with Gasteiger partial charge in [-0.2, -0.15) is 0 Å². The first-order valence-corrected chi connectivity index (χ1v) is 8.58. The van der Waals surface area contributed by atoms with Crippen LogP contribution in [0.25, 0.3) is 0 Å². The Labute approximate surface area is 154 Å². The van der Waals surface area contributed by atoms with E-state index in [1.807, 2.05) is 32.0 Å². The molecule has 6 nitrogen and oxygen atoms in total. The number of aryl methyl sites for hydroxylation is 3. The predicted molar refractivity (Wildman–Crippen MR) is 98.2 cm³/mol. The van der Waals surface area contributed by atoms with Gasteiger partial charge in [0, 0.05) is 36.1 Å². The van der Waals surface area contributed by atoms with Crippen molar-refractivity contribution in [1.82, 2.24) is 15.4 Å². The van der Waals surface area contributed by atoms with Crippen LogP contribution in [0.15, 0.2) is 34.9 Å². The van der Waals surface area contributed by atoms with Crippen molar-refractivity contribution in [3.8, 4) is 0 Å². The number of carbonyl (C=O) groups excluding carboxylic acids is 3. The average Bonchev–Trinajstić information content (AvgIpc) is 2.91. The normalized spacial score (nSPS) is 10.4. The number of hydrazine groups is 1. The summed E-state index contributed by atoms with van der Waals surface area (Å²) in [6.07, 6.45) is 1.82. The molecule has 7 heteroatoms. The Bertz CT molecular complexity index is 827. The zero-order valence-electron chi connectivity index (χ0n) is 14.4. The number of ketones is 1. The summed E-state index contributed by atoms with van der Waals surface area (Å²) in [5.41, 5.74) is 7.59. The molecule has 1 heterocycles. The maximum Gasteiger partial charge on any atom is 0.286 e. The molecule has 0 bridgehead atoms. The molecule has 2 aromatic rings. The van der Waals surface area contributed by atoms with Crippen LogP contribution in [-0.2, 0) is 11.8 Å². The highest BCUT2D eigenvalue weighted by molar-refractivity contribution is 9.10. The summed E-state index contributed by atoms with van der Waals surface area (Å²) in [4.78, 5) is 36.1. The fraction of sp³-hybridized carbons (Fsp3) is 0.278. The quantitative estimate of drug-likeness (QED) is 0.592. The third-order valence-electron chi connectivity index (χ3n) is 3.79. The number of amides is 2. The minimum Gasteiger partial charge on any atom is -0.345 e. The molecule has 0 aliphatic carbocycles. The molecule has 0 aliphatic rings.